The fourth-order valence-corrected chi connectivity index (χ4v) is 3.68. The van der Waals surface area contributed by atoms with Gasteiger partial charge >= 0.3 is 5.69 Å². The van der Waals surface area contributed by atoms with E-state index in [1.165, 1.54) is 25.7 Å². The number of aromatic nitrogens is 2. The number of imidazole rings is 1. The SMILES string of the molecule is CC(C)(C)C1CCCCC1Nc1ccc2[nH]c(=O)[nH]c2c1. The summed E-state index contributed by atoms with van der Waals surface area (Å²) in [6.45, 7) is 7.01. The van der Waals surface area contributed by atoms with Crippen LogP contribution in [-0.4, -0.2) is 16.0 Å². The van der Waals surface area contributed by atoms with E-state index >= 15 is 0 Å². The zero-order valence-corrected chi connectivity index (χ0v) is 13.1. The van der Waals surface area contributed by atoms with Gasteiger partial charge in [-0.15, -0.1) is 0 Å². The van der Waals surface area contributed by atoms with Gasteiger partial charge in [-0.05, 0) is 42.4 Å². The minimum atomic E-state index is -0.146. The predicted molar refractivity (Wildman–Crippen MR) is 87.7 cm³/mol. The van der Waals surface area contributed by atoms with E-state index in [9.17, 15) is 4.79 Å². The maximum absolute atomic E-state index is 11.3. The monoisotopic (exact) mass is 287 g/mol. The predicted octanol–water partition coefficient (Wildman–Crippen LogP) is 3.87. The van der Waals surface area contributed by atoms with Crippen LogP contribution in [0.1, 0.15) is 46.5 Å². The first kappa shape index (κ1) is 14.2. The van der Waals surface area contributed by atoms with E-state index < -0.39 is 0 Å². The molecule has 4 nitrogen and oxygen atoms in total. The molecule has 0 saturated heterocycles. The van der Waals surface area contributed by atoms with Crippen LogP contribution in [0.3, 0.4) is 0 Å². The van der Waals surface area contributed by atoms with Crippen molar-refractivity contribution in [2.75, 3.05) is 5.32 Å². The molecule has 4 heteroatoms. The molecule has 21 heavy (non-hydrogen) atoms. The summed E-state index contributed by atoms with van der Waals surface area (Å²) < 4.78 is 0. The van der Waals surface area contributed by atoms with Crippen molar-refractivity contribution < 1.29 is 0 Å². The Morgan fingerprint density at radius 3 is 2.57 bits per heavy atom. The number of H-pyrrole nitrogens is 2. The molecule has 2 unspecified atom stereocenters. The average Bonchev–Trinajstić information content (AvgIpc) is 2.77. The summed E-state index contributed by atoms with van der Waals surface area (Å²) in [7, 11) is 0. The Hall–Kier alpha value is -1.71. The van der Waals surface area contributed by atoms with Crippen molar-refractivity contribution in [1.82, 2.24) is 9.97 Å². The summed E-state index contributed by atoms with van der Waals surface area (Å²) in [5.74, 6) is 0.687. The molecule has 3 N–H and O–H groups in total. The van der Waals surface area contributed by atoms with Crippen molar-refractivity contribution in [2.24, 2.45) is 11.3 Å². The third-order valence-electron chi connectivity index (χ3n) is 4.75. The molecular formula is C17H25N3O. The Kier molecular flexibility index (Phi) is 3.56. The Labute approximate surface area is 125 Å². The van der Waals surface area contributed by atoms with Gasteiger partial charge in [-0.1, -0.05) is 33.6 Å². The highest BCUT2D eigenvalue weighted by Gasteiger charge is 2.33. The molecule has 114 valence electrons. The van der Waals surface area contributed by atoms with Gasteiger partial charge in [-0.3, -0.25) is 0 Å². The standard InChI is InChI=1S/C17H25N3O/c1-17(2,3)12-6-4-5-7-13(12)18-11-8-9-14-15(10-11)20-16(21)19-14/h8-10,12-13,18H,4-7H2,1-3H3,(H2,19,20,21). The van der Waals surface area contributed by atoms with Crippen LogP contribution in [0.25, 0.3) is 11.0 Å². The number of hydrogen-bond donors (Lipinski definition) is 3. The lowest BCUT2D eigenvalue weighted by molar-refractivity contribution is 0.163. The van der Waals surface area contributed by atoms with E-state index in [1.54, 1.807) is 0 Å². The second-order valence-corrected chi connectivity index (χ2v) is 7.35. The van der Waals surface area contributed by atoms with E-state index in [0.29, 0.717) is 17.4 Å². The summed E-state index contributed by atoms with van der Waals surface area (Å²) >= 11 is 0. The molecule has 0 amide bonds. The van der Waals surface area contributed by atoms with Gasteiger partial charge < -0.3 is 15.3 Å². The fraction of sp³-hybridized carbons (Fsp3) is 0.588. The van der Waals surface area contributed by atoms with Crippen molar-refractivity contribution >= 4 is 16.7 Å². The molecule has 1 saturated carbocycles. The number of rotatable bonds is 2. The highest BCUT2D eigenvalue weighted by atomic mass is 16.1. The van der Waals surface area contributed by atoms with E-state index in [1.807, 2.05) is 12.1 Å². The molecule has 2 atom stereocenters. The summed E-state index contributed by atoms with van der Waals surface area (Å²) in [5, 5.41) is 3.70. The highest BCUT2D eigenvalue weighted by molar-refractivity contribution is 5.78. The normalized spacial score (nSPS) is 23.4. The van der Waals surface area contributed by atoms with E-state index in [4.69, 9.17) is 0 Å². The van der Waals surface area contributed by atoms with Crippen molar-refractivity contribution in [2.45, 2.75) is 52.5 Å². The Bertz CT molecular complexity index is 677. The summed E-state index contributed by atoms with van der Waals surface area (Å²) in [5.41, 5.74) is 3.01. The van der Waals surface area contributed by atoms with E-state index in [0.717, 1.165) is 16.7 Å². The fourth-order valence-electron chi connectivity index (χ4n) is 3.68. The first-order valence-corrected chi connectivity index (χ1v) is 7.92. The summed E-state index contributed by atoms with van der Waals surface area (Å²) in [6, 6.07) is 6.56. The smallest absolute Gasteiger partial charge is 0.323 e. The first-order chi connectivity index (χ1) is 9.93. The lowest BCUT2D eigenvalue weighted by atomic mass is 9.69. The quantitative estimate of drug-likeness (QED) is 0.785. The topological polar surface area (TPSA) is 60.7 Å². The number of nitrogens with one attached hydrogen (secondary N) is 3. The lowest BCUT2D eigenvalue weighted by Gasteiger charge is -2.41. The minimum absolute atomic E-state index is 0.146. The molecule has 1 aliphatic carbocycles. The molecular weight excluding hydrogens is 262 g/mol. The molecule has 1 aliphatic rings. The van der Waals surface area contributed by atoms with Crippen molar-refractivity contribution in [1.29, 1.82) is 0 Å². The second-order valence-electron chi connectivity index (χ2n) is 7.35. The molecule has 1 heterocycles. The number of benzene rings is 1. The summed E-state index contributed by atoms with van der Waals surface area (Å²) in [4.78, 5) is 17.0. The van der Waals surface area contributed by atoms with Crippen LogP contribution in [0.15, 0.2) is 23.0 Å². The average molecular weight is 287 g/mol. The molecule has 0 bridgehead atoms. The van der Waals surface area contributed by atoms with Crippen LogP contribution in [0.5, 0.6) is 0 Å². The van der Waals surface area contributed by atoms with E-state index in [2.05, 4.69) is 42.1 Å². The van der Waals surface area contributed by atoms with Gasteiger partial charge in [-0.25, -0.2) is 4.79 Å². The van der Waals surface area contributed by atoms with Gasteiger partial charge in [0.05, 0.1) is 11.0 Å². The molecule has 1 aromatic heterocycles. The van der Waals surface area contributed by atoms with Gasteiger partial charge in [0.2, 0.25) is 0 Å². The maximum Gasteiger partial charge on any atom is 0.323 e. The number of fused-ring (bicyclic) bond motifs is 1. The Morgan fingerprint density at radius 2 is 1.81 bits per heavy atom. The molecule has 1 aromatic carbocycles. The van der Waals surface area contributed by atoms with Crippen LogP contribution in [0, 0.1) is 11.3 Å². The Balaban J connectivity index is 1.83. The van der Waals surface area contributed by atoms with Gasteiger partial charge in [-0.2, -0.15) is 0 Å². The van der Waals surface area contributed by atoms with Gasteiger partial charge in [0, 0.05) is 11.7 Å². The van der Waals surface area contributed by atoms with Crippen LogP contribution < -0.4 is 11.0 Å². The molecule has 0 radical (unpaired) electrons. The highest BCUT2D eigenvalue weighted by Crippen LogP contribution is 2.39. The number of anilines is 1. The van der Waals surface area contributed by atoms with Crippen molar-refractivity contribution in [3.05, 3.63) is 28.7 Å². The zero-order chi connectivity index (χ0) is 15.0. The van der Waals surface area contributed by atoms with Crippen LogP contribution >= 0.6 is 0 Å². The van der Waals surface area contributed by atoms with Crippen LogP contribution in [0.2, 0.25) is 0 Å². The second kappa shape index (κ2) is 5.24. The van der Waals surface area contributed by atoms with E-state index in [-0.39, 0.29) is 5.69 Å². The zero-order valence-electron chi connectivity index (χ0n) is 13.1. The van der Waals surface area contributed by atoms with Crippen molar-refractivity contribution in [3.8, 4) is 0 Å². The van der Waals surface area contributed by atoms with Crippen LogP contribution in [-0.2, 0) is 0 Å². The Morgan fingerprint density at radius 1 is 1.10 bits per heavy atom. The largest absolute Gasteiger partial charge is 0.382 e. The lowest BCUT2D eigenvalue weighted by Crippen LogP contribution is -2.39. The third kappa shape index (κ3) is 2.99. The maximum atomic E-state index is 11.3. The van der Waals surface area contributed by atoms with Gasteiger partial charge in [0.15, 0.2) is 0 Å². The van der Waals surface area contributed by atoms with Gasteiger partial charge in [0.1, 0.15) is 0 Å². The number of hydrogen-bond acceptors (Lipinski definition) is 2. The third-order valence-corrected chi connectivity index (χ3v) is 4.75. The molecule has 0 aliphatic heterocycles. The van der Waals surface area contributed by atoms with Gasteiger partial charge in [0.25, 0.3) is 0 Å². The van der Waals surface area contributed by atoms with Crippen molar-refractivity contribution in [3.63, 3.8) is 0 Å². The van der Waals surface area contributed by atoms with Crippen LogP contribution in [0.4, 0.5) is 5.69 Å². The minimum Gasteiger partial charge on any atom is -0.382 e. The molecule has 2 aromatic rings. The molecule has 0 spiro atoms. The summed E-state index contributed by atoms with van der Waals surface area (Å²) in [6.07, 6.45) is 5.16. The molecule has 1 fully saturated rings. The molecule has 3 rings (SSSR count). The number of aromatic amines is 2. The first-order valence-electron chi connectivity index (χ1n) is 7.92.